The molecule has 0 saturated heterocycles. The maximum atomic E-state index is 12.9. The molecule has 0 aliphatic carbocycles. The molecule has 1 aromatic rings. The second kappa shape index (κ2) is 5.39. The Morgan fingerprint density at radius 1 is 1.67 bits per heavy atom. The van der Waals surface area contributed by atoms with Crippen molar-refractivity contribution in [2.75, 3.05) is 0 Å². The van der Waals surface area contributed by atoms with Crippen LogP contribution in [-0.4, -0.2) is 0 Å². The average molecular weight is 273 g/mol. The molecule has 0 fully saturated rings. The zero-order chi connectivity index (χ0) is 11.4. The molecule has 0 aliphatic heterocycles. The second-order valence-electron chi connectivity index (χ2n) is 3.55. The van der Waals surface area contributed by atoms with Gasteiger partial charge < -0.3 is 0 Å². The maximum Gasteiger partial charge on any atom is 0.124 e. The molecule has 0 aliphatic rings. The summed E-state index contributed by atoms with van der Waals surface area (Å²) in [7, 11) is 0. The Labute approximate surface area is 97.5 Å². The van der Waals surface area contributed by atoms with Gasteiger partial charge in [-0.1, -0.05) is 27.6 Å². The Bertz CT molecular complexity index is 366. The van der Waals surface area contributed by atoms with Crippen LogP contribution in [0.2, 0.25) is 0 Å². The van der Waals surface area contributed by atoms with Crippen molar-refractivity contribution in [3.63, 3.8) is 0 Å². The number of halogens is 2. The van der Waals surface area contributed by atoms with Crippen LogP contribution in [0.1, 0.15) is 24.9 Å². The van der Waals surface area contributed by atoms with E-state index in [-0.39, 0.29) is 11.9 Å². The lowest BCUT2D eigenvalue weighted by Gasteiger charge is -2.17. The molecule has 15 heavy (non-hydrogen) atoms. The molecule has 0 saturated carbocycles. The van der Waals surface area contributed by atoms with E-state index in [0.29, 0.717) is 4.47 Å². The number of hydrogen-bond donors (Lipinski definition) is 2. The van der Waals surface area contributed by atoms with E-state index in [1.807, 2.05) is 6.92 Å². The average Bonchev–Trinajstić information content (AvgIpc) is 2.14. The van der Waals surface area contributed by atoms with E-state index in [2.05, 4.69) is 27.9 Å². The lowest BCUT2D eigenvalue weighted by molar-refractivity contribution is 0.545. The number of nitrogens with one attached hydrogen (secondary N) is 1. The number of benzene rings is 1. The van der Waals surface area contributed by atoms with Gasteiger partial charge in [0.1, 0.15) is 5.82 Å². The molecule has 0 bridgehead atoms. The summed E-state index contributed by atoms with van der Waals surface area (Å²) in [5.41, 5.74) is 4.65. The predicted octanol–water partition coefficient (Wildman–Crippen LogP) is 3.06. The van der Waals surface area contributed by atoms with Crippen LogP contribution in [0.25, 0.3) is 0 Å². The normalized spacial score (nSPS) is 12.5. The van der Waals surface area contributed by atoms with Crippen LogP contribution < -0.4 is 11.3 Å². The van der Waals surface area contributed by atoms with Crippen LogP contribution in [0.15, 0.2) is 34.8 Å². The first kappa shape index (κ1) is 12.4. The van der Waals surface area contributed by atoms with E-state index >= 15 is 0 Å². The summed E-state index contributed by atoms with van der Waals surface area (Å²) in [5.74, 6) is 5.19. The summed E-state index contributed by atoms with van der Waals surface area (Å²) in [6, 6.07) is 4.52. The summed E-state index contributed by atoms with van der Waals surface area (Å²) < 4.78 is 13.6. The minimum absolute atomic E-state index is 0.0440. The van der Waals surface area contributed by atoms with E-state index < -0.39 is 0 Å². The fourth-order valence-electron chi connectivity index (χ4n) is 1.39. The first-order valence-electron chi connectivity index (χ1n) is 4.60. The SMILES string of the molecule is C=C(C)CC(NN)c1ccc(F)cc1Br. The molecule has 1 aromatic carbocycles. The third-order valence-corrected chi connectivity index (χ3v) is 2.78. The highest BCUT2D eigenvalue weighted by molar-refractivity contribution is 9.10. The Balaban J connectivity index is 2.96. The minimum atomic E-state index is -0.267. The molecule has 0 amide bonds. The van der Waals surface area contributed by atoms with Crippen molar-refractivity contribution in [1.82, 2.24) is 5.43 Å². The molecule has 1 atom stereocenters. The fraction of sp³-hybridized carbons (Fsp3) is 0.273. The van der Waals surface area contributed by atoms with Gasteiger partial charge in [-0.2, -0.15) is 0 Å². The molecule has 0 aromatic heterocycles. The van der Waals surface area contributed by atoms with Gasteiger partial charge >= 0.3 is 0 Å². The Hall–Kier alpha value is -0.710. The van der Waals surface area contributed by atoms with Crippen molar-refractivity contribution < 1.29 is 4.39 Å². The minimum Gasteiger partial charge on any atom is -0.271 e. The highest BCUT2D eigenvalue weighted by atomic mass is 79.9. The van der Waals surface area contributed by atoms with E-state index in [1.165, 1.54) is 12.1 Å². The molecule has 0 spiro atoms. The highest BCUT2D eigenvalue weighted by Gasteiger charge is 2.13. The third-order valence-electron chi connectivity index (χ3n) is 2.09. The molecule has 1 unspecified atom stereocenters. The number of nitrogens with two attached hydrogens (primary N) is 1. The Morgan fingerprint density at radius 2 is 2.33 bits per heavy atom. The lowest BCUT2D eigenvalue weighted by Crippen LogP contribution is -2.28. The van der Waals surface area contributed by atoms with Crippen molar-refractivity contribution in [3.05, 3.63) is 46.2 Å². The molecule has 0 radical (unpaired) electrons. The topological polar surface area (TPSA) is 38.0 Å². The van der Waals surface area contributed by atoms with Crippen LogP contribution in [0.5, 0.6) is 0 Å². The maximum absolute atomic E-state index is 12.9. The highest BCUT2D eigenvalue weighted by Crippen LogP contribution is 2.27. The van der Waals surface area contributed by atoms with Crippen molar-refractivity contribution in [2.24, 2.45) is 5.84 Å². The van der Waals surface area contributed by atoms with Crippen molar-refractivity contribution >= 4 is 15.9 Å². The Morgan fingerprint density at radius 3 is 2.80 bits per heavy atom. The van der Waals surface area contributed by atoms with Gasteiger partial charge in [0.2, 0.25) is 0 Å². The van der Waals surface area contributed by atoms with Crippen LogP contribution >= 0.6 is 15.9 Å². The van der Waals surface area contributed by atoms with Gasteiger partial charge in [0.15, 0.2) is 0 Å². The molecule has 82 valence electrons. The van der Waals surface area contributed by atoms with Gasteiger partial charge in [-0.3, -0.25) is 11.3 Å². The molecule has 3 N–H and O–H groups in total. The number of hydrogen-bond acceptors (Lipinski definition) is 2. The lowest BCUT2D eigenvalue weighted by atomic mass is 10.0. The van der Waals surface area contributed by atoms with Crippen LogP contribution in [0, 0.1) is 5.82 Å². The predicted molar refractivity (Wildman–Crippen MR) is 63.6 cm³/mol. The fourth-order valence-corrected chi connectivity index (χ4v) is 2.02. The van der Waals surface area contributed by atoms with Gasteiger partial charge in [0.05, 0.1) is 6.04 Å². The van der Waals surface area contributed by atoms with Gasteiger partial charge in [-0.25, -0.2) is 4.39 Å². The zero-order valence-corrected chi connectivity index (χ0v) is 10.1. The van der Waals surface area contributed by atoms with E-state index in [1.54, 1.807) is 6.07 Å². The van der Waals surface area contributed by atoms with Crippen molar-refractivity contribution in [1.29, 1.82) is 0 Å². The van der Waals surface area contributed by atoms with Gasteiger partial charge in [-0.15, -0.1) is 6.58 Å². The first-order chi connectivity index (χ1) is 7.04. The van der Waals surface area contributed by atoms with Gasteiger partial charge in [0, 0.05) is 4.47 Å². The van der Waals surface area contributed by atoms with Crippen LogP contribution in [0.4, 0.5) is 4.39 Å². The van der Waals surface area contributed by atoms with Crippen molar-refractivity contribution in [2.45, 2.75) is 19.4 Å². The van der Waals surface area contributed by atoms with Gasteiger partial charge in [-0.05, 0) is 31.0 Å². The molecule has 0 heterocycles. The summed E-state index contributed by atoms with van der Waals surface area (Å²) >= 11 is 3.31. The molecule has 2 nitrogen and oxygen atoms in total. The first-order valence-corrected chi connectivity index (χ1v) is 5.39. The monoisotopic (exact) mass is 272 g/mol. The van der Waals surface area contributed by atoms with E-state index in [9.17, 15) is 4.39 Å². The number of hydrazine groups is 1. The number of rotatable bonds is 4. The summed E-state index contributed by atoms with van der Waals surface area (Å²) in [6.45, 7) is 5.76. The molecule has 1 rings (SSSR count). The van der Waals surface area contributed by atoms with E-state index in [0.717, 1.165) is 17.6 Å². The van der Waals surface area contributed by atoms with Crippen molar-refractivity contribution in [3.8, 4) is 0 Å². The largest absolute Gasteiger partial charge is 0.271 e. The molecular formula is C11H14BrFN2. The second-order valence-corrected chi connectivity index (χ2v) is 4.40. The molecular weight excluding hydrogens is 259 g/mol. The summed E-state index contributed by atoms with van der Waals surface area (Å²) in [4.78, 5) is 0. The van der Waals surface area contributed by atoms with E-state index in [4.69, 9.17) is 5.84 Å². The smallest absolute Gasteiger partial charge is 0.124 e. The quantitative estimate of drug-likeness (QED) is 0.502. The van der Waals surface area contributed by atoms with Crippen LogP contribution in [-0.2, 0) is 0 Å². The zero-order valence-electron chi connectivity index (χ0n) is 8.56. The summed E-state index contributed by atoms with van der Waals surface area (Å²) in [6.07, 6.45) is 0.723. The third kappa shape index (κ3) is 3.41. The van der Waals surface area contributed by atoms with Gasteiger partial charge in [0.25, 0.3) is 0 Å². The Kier molecular flexibility index (Phi) is 4.45. The van der Waals surface area contributed by atoms with Crippen LogP contribution in [0.3, 0.4) is 0 Å². The molecule has 4 heteroatoms. The summed E-state index contributed by atoms with van der Waals surface area (Å²) in [5, 5.41) is 0. The standard InChI is InChI=1S/C11H14BrFN2/c1-7(2)5-11(15-14)9-4-3-8(13)6-10(9)12/h3-4,6,11,15H,1,5,14H2,2H3.